The number of amides is 3. The Bertz CT molecular complexity index is 1730. The zero-order chi connectivity index (χ0) is 33.2. The highest BCUT2D eigenvalue weighted by molar-refractivity contribution is 7.16. The summed E-state index contributed by atoms with van der Waals surface area (Å²) < 4.78 is 19.4. The molecule has 0 saturated heterocycles. The number of ether oxygens (including phenoxy) is 1. The van der Waals surface area contributed by atoms with E-state index in [0.29, 0.717) is 47.5 Å². The van der Waals surface area contributed by atoms with E-state index >= 15 is 0 Å². The van der Waals surface area contributed by atoms with E-state index in [1.54, 1.807) is 24.3 Å². The van der Waals surface area contributed by atoms with E-state index in [4.69, 9.17) is 16.3 Å². The van der Waals surface area contributed by atoms with Crippen molar-refractivity contribution < 1.29 is 23.5 Å². The third kappa shape index (κ3) is 9.71. The SMILES string of the molecule is Cc1sc(NC(=O)CN2C/C=C/CNC(=O)[C@H](Cc3ccccc3)NC(=O)c3cc(Cl)ccc3OCCC2)nc1-c1ccc(F)cc1. The molecule has 12 heteroatoms. The number of fused-ring (bicyclic) bond motifs is 1. The van der Waals surface area contributed by atoms with Crippen LogP contribution in [-0.4, -0.2) is 66.4 Å². The van der Waals surface area contributed by atoms with E-state index < -0.39 is 11.9 Å². The number of anilines is 1. The molecule has 0 bridgehead atoms. The Morgan fingerprint density at radius 1 is 1.11 bits per heavy atom. The average Bonchev–Trinajstić information content (AvgIpc) is 3.42. The number of hydrogen-bond acceptors (Lipinski definition) is 7. The highest BCUT2D eigenvalue weighted by Crippen LogP contribution is 2.30. The first kappa shape index (κ1) is 33.8. The number of thiazole rings is 1. The van der Waals surface area contributed by atoms with E-state index in [0.717, 1.165) is 16.0 Å². The molecule has 9 nitrogen and oxygen atoms in total. The van der Waals surface area contributed by atoms with Gasteiger partial charge in [0.25, 0.3) is 5.91 Å². The van der Waals surface area contributed by atoms with Crippen LogP contribution in [0.15, 0.2) is 84.9 Å². The lowest BCUT2D eigenvalue weighted by Crippen LogP contribution is -2.48. The van der Waals surface area contributed by atoms with Crippen molar-refractivity contribution in [3.8, 4) is 17.0 Å². The number of rotatable bonds is 6. The third-order valence-electron chi connectivity index (χ3n) is 7.42. The number of aromatic nitrogens is 1. The summed E-state index contributed by atoms with van der Waals surface area (Å²) in [6.45, 7) is 3.50. The van der Waals surface area contributed by atoms with Crippen LogP contribution in [0.5, 0.6) is 5.75 Å². The molecule has 3 amide bonds. The summed E-state index contributed by atoms with van der Waals surface area (Å²) in [6, 6.07) is 19.5. The molecule has 3 N–H and O–H groups in total. The second-order valence-corrected chi connectivity index (χ2v) is 12.6. The Kier molecular flexibility index (Phi) is 11.7. The van der Waals surface area contributed by atoms with E-state index in [2.05, 4.69) is 20.9 Å². The lowest BCUT2D eigenvalue weighted by atomic mass is 10.0. The average molecular weight is 676 g/mol. The van der Waals surface area contributed by atoms with Crippen molar-refractivity contribution in [2.45, 2.75) is 25.8 Å². The number of nitrogens with zero attached hydrogens (tertiary/aromatic N) is 2. The minimum atomic E-state index is -0.837. The maximum atomic E-state index is 13.4. The Balaban J connectivity index is 1.28. The van der Waals surface area contributed by atoms with Crippen molar-refractivity contribution in [1.82, 2.24) is 20.5 Å². The van der Waals surface area contributed by atoms with Crippen LogP contribution in [0, 0.1) is 12.7 Å². The van der Waals surface area contributed by atoms with Crippen LogP contribution >= 0.6 is 22.9 Å². The summed E-state index contributed by atoms with van der Waals surface area (Å²) in [6.07, 6.45) is 4.58. The van der Waals surface area contributed by atoms with Gasteiger partial charge in [0.05, 0.1) is 24.4 Å². The van der Waals surface area contributed by atoms with Gasteiger partial charge in [-0.05, 0) is 61.4 Å². The van der Waals surface area contributed by atoms with Crippen LogP contribution < -0.4 is 20.7 Å². The zero-order valence-electron chi connectivity index (χ0n) is 25.8. The smallest absolute Gasteiger partial charge is 0.255 e. The Morgan fingerprint density at radius 2 is 1.89 bits per heavy atom. The van der Waals surface area contributed by atoms with Crippen LogP contribution in [0.25, 0.3) is 11.3 Å². The number of halogens is 2. The van der Waals surface area contributed by atoms with E-state index in [1.165, 1.54) is 29.5 Å². The van der Waals surface area contributed by atoms with Crippen molar-refractivity contribution in [3.63, 3.8) is 0 Å². The molecule has 0 spiro atoms. The second-order valence-electron chi connectivity index (χ2n) is 11.0. The quantitative estimate of drug-likeness (QED) is 0.228. The Hall–Kier alpha value is -4.58. The molecule has 0 saturated carbocycles. The summed E-state index contributed by atoms with van der Waals surface area (Å²) >= 11 is 7.59. The van der Waals surface area contributed by atoms with Gasteiger partial charge in [-0.3, -0.25) is 19.3 Å². The van der Waals surface area contributed by atoms with Crippen LogP contribution in [0.3, 0.4) is 0 Å². The fourth-order valence-electron chi connectivity index (χ4n) is 5.08. The molecule has 1 atom stereocenters. The minimum Gasteiger partial charge on any atom is -0.493 e. The van der Waals surface area contributed by atoms with Gasteiger partial charge in [-0.2, -0.15) is 0 Å². The highest BCUT2D eigenvalue weighted by atomic mass is 35.5. The van der Waals surface area contributed by atoms with Crippen LogP contribution in [0.4, 0.5) is 9.52 Å². The highest BCUT2D eigenvalue weighted by Gasteiger charge is 2.24. The van der Waals surface area contributed by atoms with Crippen LogP contribution in [-0.2, 0) is 16.0 Å². The second kappa shape index (κ2) is 16.3. The monoisotopic (exact) mass is 675 g/mol. The predicted octanol–water partition coefficient (Wildman–Crippen LogP) is 5.65. The maximum Gasteiger partial charge on any atom is 0.255 e. The summed E-state index contributed by atoms with van der Waals surface area (Å²) in [5, 5.41) is 9.45. The largest absolute Gasteiger partial charge is 0.493 e. The number of carbonyl (C=O) groups is 3. The Labute approximate surface area is 281 Å². The molecule has 5 rings (SSSR count). The van der Waals surface area contributed by atoms with Crippen molar-refractivity contribution >= 4 is 45.8 Å². The van der Waals surface area contributed by atoms with Crippen molar-refractivity contribution in [1.29, 1.82) is 0 Å². The number of hydrogen-bond donors (Lipinski definition) is 3. The van der Waals surface area contributed by atoms with Gasteiger partial charge in [-0.25, -0.2) is 9.37 Å². The lowest BCUT2D eigenvalue weighted by molar-refractivity contribution is -0.122. The molecule has 1 aliphatic heterocycles. The molecule has 0 fully saturated rings. The zero-order valence-corrected chi connectivity index (χ0v) is 27.4. The third-order valence-corrected chi connectivity index (χ3v) is 8.54. The summed E-state index contributed by atoms with van der Waals surface area (Å²) in [4.78, 5) is 47.2. The van der Waals surface area contributed by atoms with Crippen molar-refractivity contribution in [2.75, 3.05) is 38.1 Å². The normalized spacial score (nSPS) is 17.1. The molecule has 47 heavy (non-hydrogen) atoms. The first-order valence-electron chi connectivity index (χ1n) is 15.2. The van der Waals surface area contributed by atoms with Crippen LogP contribution in [0.1, 0.15) is 27.2 Å². The topological polar surface area (TPSA) is 113 Å². The van der Waals surface area contributed by atoms with Gasteiger partial charge in [-0.1, -0.05) is 54.1 Å². The van der Waals surface area contributed by atoms with E-state index in [1.807, 2.05) is 54.3 Å². The van der Waals surface area contributed by atoms with Crippen molar-refractivity contribution in [3.05, 3.63) is 112 Å². The molecule has 0 radical (unpaired) electrons. The molecule has 2 heterocycles. The molecule has 244 valence electrons. The minimum absolute atomic E-state index is 0.0922. The van der Waals surface area contributed by atoms with E-state index in [-0.39, 0.29) is 42.9 Å². The number of benzene rings is 3. The van der Waals surface area contributed by atoms with E-state index in [9.17, 15) is 18.8 Å². The molecule has 1 aromatic heterocycles. The standard InChI is InChI=1S/C35H35ClFN5O4S/c1-23-32(25-10-13-27(37)14-11-25)41-35(47-23)40-31(43)22-42-17-6-5-16-38-34(45)29(20-24-8-3-2-4-9-24)39-33(44)28-21-26(36)12-15-30(28)46-19-7-18-42/h2-6,8-15,21,29H,7,16-20,22H2,1H3,(H,38,45)(H,39,44)(H,40,41,43)/b6-5+/t29-/m0/s1. The van der Waals surface area contributed by atoms with Crippen molar-refractivity contribution in [2.24, 2.45) is 0 Å². The van der Waals surface area contributed by atoms with Gasteiger partial charge in [0.15, 0.2) is 5.13 Å². The molecule has 4 aromatic rings. The molecule has 0 aliphatic carbocycles. The van der Waals surface area contributed by atoms with Gasteiger partial charge in [0, 0.05) is 41.5 Å². The van der Waals surface area contributed by atoms with Gasteiger partial charge >= 0.3 is 0 Å². The summed E-state index contributed by atoms with van der Waals surface area (Å²) in [7, 11) is 0. The Morgan fingerprint density at radius 3 is 2.68 bits per heavy atom. The summed E-state index contributed by atoms with van der Waals surface area (Å²) in [5.41, 5.74) is 2.59. The molecule has 1 aliphatic rings. The number of aryl methyl sites for hydroxylation is 1. The molecule has 3 aromatic carbocycles. The van der Waals surface area contributed by atoms with Gasteiger partial charge in [-0.15, -0.1) is 11.3 Å². The fraction of sp³-hybridized carbons (Fsp3) is 0.257. The molecular weight excluding hydrogens is 641 g/mol. The predicted molar refractivity (Wildman–Crippen MR) is 182 cm³/mol. The maximum absolute atomic E-state index is 13.4. The summed E-state index contributed by atoms with van der Waals surface area (Å²) in [5.74, 6) is -1.02. The molecular formula is C35H35ClFN5O4S. The van der Waals surface area contributed by atoms with Gasteiger partial charge in [0.2, 0.25) is 11.8 Å². The molecule has 0 unspecified atom stereocenters. The number of carbonyl (C=O) groups excluding carboxylic acids is 3. The van der Waals surface area contributed by atoms with Crippen LogP contribution in [0.2, 0.25) is 5.02 Å². The van der Waals surface area contributed by atoms with Gasteiger partial charge in [0.1, 0.15) is 17.6 Å². The fourth-order valence-corrected chi connectivity index (χ4v) is 6.11. The number of nitrogens with one attached hydrogen (secondary N) is 3. The van der Waals surface area contributed by atoms with Gasteiger partial charge < -0.3 is 20.7 Å². The first-order valence-corrected chi connectivity index (χ1v) is 16.4. The lowest BCUT2D eigenvalue weighted by Gasteiger charge is -2.22. The first-order chi connectivity index (χ1) is 22.7.